The van der Waals surface area contributed by atoms with E-state index < -0.39 is 36.5 Å². The number of aliphatic hydroxyl groups excluding tert-OH is 2. The van der Waals surface area contributed by atoms with Crippen molar-refractivity contribution in [1.29, 1.82) is 0 Å². The van der Waals surface area contributed by atoms with Gasteiger partial charge in [-0.25, -0.2) is 9.97 Å². The Morgan fingerprint density at radius 1 is 1.13 bits per heavy atom. The molecule has 12 heteroatoms. The van der Waals surface area contributed by atoms with E-state index in [1.165, 1.54) is 18.5 Å². The van der Waals surface area contributed by atoms with Gasteiger partial charge in [0.05, 0.1) is 23.7 Å². The molecule has 1 saturated heterocycles. The minimum Gasteiger partial charge on any atom is -0.480 e. The number of aliphatic hydroxyl groups is 2. The number of likely N-dealkylation sites (tertiary alicyclic amines) is 1. The number of aliphatic carboxylic acids is 1. The summed E-state index contributed by atoms with van der Waals surface area (Å²) >= 11 is 0. The Kier molecular flexibility index (Phi) is 7.30. The summed E-state index contributed by atoms with van der Waals surface area (Å²) in [6.45, 7) is 0.991. The number of rotatable bonds is 9. The first-order chi connectivity index (χ1) is 18.2. The zero-order valence-electron chi connectivity index (χ0n) is 20.6. The number of fused-ring (bicyclic) bond motifs is 1. The molecule has 1 aromatic carbocycles. The molecule has 0 amide bonds. The van der Waals surface area contributed by atoms with Crippen LogP contribution >= 0.6 is 0 Å². The number of carbonyl (C=O) groups is 1. The van der Waals surface area contributed by atoms with Crippen molar-refractivity contribution in [3.63, 3.8) is 0 Å². The number of carboxylic acid groups (broad SMARTS) is 1. The molecular formula is C26H30F3N5O4. The molecule has 5 rings (SSSR count). The molecule has 3 heterocycles. The summed E-state index contributed by atoms with van der Waals surface area (Å²) in [5.74, 6) is -0.519. The number of aromatic nitrogens is 3. The van der Waals surface area contributed by atoms with Crippen molar-refractivity contribution in [1.82, 2.24) is 19.4 Å². The normalized spacial score (nSPS) is 21.5. The number of hydrogen-bond acceptors (Lipinski definition) is 7. The van der Waals surface area contributed by atoms with Crippen LogP contribution in [0.3, 0.4) is 0 Å². The fraction of sp³-hybridized carbons (Fsp3) is 0.500. The highest BCUT2D eigenvalue weighted by molar-refractivity contribution is 5.88. The lowest BCUT2D eigenvalue weighted by molar-refractivity contribution is -0.147. The van der Waals surface area contributed by atoms with Gasteiger partial charge in [0.1, 0.15) is 23.8 Å². The summed E-state index contributed by atoms with van der Waals surface area (Å²) in [5.41, 5.74) is 0.776. The van der Waals surface area contributed by atoms with Crippen LogP contribution in [0.25, 0.3) is 11.0 Å². The number of carboxylic acids is 1. The van der Waals surface area contributed by atoms with Crippen LogP contribution < -0.4 is 4.90 Å². The minimum absolute atomic E-state index is 0.125. The van der Waals surface area contributed by atoms with Crippen molar-refractivity contribution in [2.24, 2.45) is 5.92 Å². The van der Waals surface area contributed by atoms with E-state index >= 15 is 0 Å². The van der Waals surface area contributed by atoms with Gasteiger partial charge in [0, 0.05) is 37.8 Å². The van der Waals surface area contributed by atoms with E-state index in [0.29, 0.717) is 31.7 Å². The molecule has 1 unspecified atom stereocenters. The number of β-amino-alcohol motifs (C(OH)–C–C–N with tert-alkyl or cyclic N) is 1. The molecule has 38 heavy (non-hydrogen) atoms. The topological polar surface area (TPSA) is 115 Å². The van der Waals surface area contributed by atoms with Gasteiger partial charge in [-0.1, -0.05) is 12.1 Å². The number of alkyl halides is 3. The largest absolute Gasteiger partial charge is 0.480 e. The number of hydrogen-bond donors (Lipinski definition) is 3. The van der Waals surface area contributed by atoms with Crippen LogP contribution in [0.5, 0.6) is 0 Å². The molecule has 204 valence electrons. The second-order valence-corrected chi connectivity index (χ2v) is 10.1. The molecular weight excluding hydrogens is 503 g/mol. The average molecular weight is 534 g/mol. The number of halogens is 3. The molecule has 9 nitrogen and oxygen atoms in total. The Morgan fingerprint density at radius 2 is 1.87 bits per heavy atom. The van der Waals surface area contributed by atoms with E-state index in [1.807, 2.05) is 16.8 Å². The number of piperidine rings is 1. The molecule has 1 aliphatic heterocycles. The van der Waals surface area contributed by atoms with Crippen LogP contribution in [0.15, 0.2) is 42.9 Å². The van der Waals surface area contributed by atoms with Crippen molar-refractivity contribution >= 4 is 22.8 Å². The molecule has 0 spiro atoms. The van der Waals surface area contributed by atoms with Gasteiger partial charge in [-0.3, -0.25) is 9.69 Å². The maximum Gasteiger partial charge on any atom is 0.416 e. The molecule has 2 aliphatic rings. The van der Waals surface area contributed by atoms with E-state index in [0.717, 1.165) is 41.7 Å². The number of anilines is 1. The Bertz CT molecular complexity index is 1280. The van der Waals surface area contributed by atoms with E-state index in [1.54, 1.807) is 4.90 Å². The van der Waals surface area contributed by atoms with E-state index in [4.69, 9.17) is 0 Å². The van der Waals surface area contributed by atoms with Crippen molar-refractivity contribution in [2.45, 2.75) is 56.7 Å². The second-order valence-electron chi connectivity index (χ2n) is 10.1. The zero-order valence-corrected chi connectivity index (χ0v) is 20.6. The third kappa shape index (κ3) is 5.47. The highest BCUT2D eigenvalue weighted by Crippen LogP contribution is 2.36. The number of benzene rings is 1. The highest BCUT2D eigenvalue weighted by Gasteiger charge is 2.35. The summed E-state index contributed by atoms with van der Waals surface area (Å²) in [5, 5.41) is 30.3. The summed E-state index contributed by atoms with van der Waals surface area (Å²) in [7, 11) is 0. The van der Waals surface area contributed by atoms with Gasteiger partial charge in [0.25, 0.3) is 0 Å². The quantitative estimate of drug-likeness (QED) is 0.385. The lowest BCUT2D eigenvalue weighted by Crippen LogP contribution is -2.53. The lowest BCUT2D eigenvalue weighted by Gasteiger charge is -2.38. The first-order valence-corrected chi connectivity index (χ1v) is 12.6. The predicted octanol–water partition coefficient (Wildman–Crippen LogP) is 2.75. The first-order valence-electron chi connectivity index (χ1n) is 12.6. The maximum atomic E-state index is 13.0. The van der Waals surface area contributed by atoms with E-state index in [2.05, 4.69) is 14.9 Å². The summed E-state index contributed by atoms with van der Waals surface area (Å²) in [4.78, 5) is 24.1. The summed E-state index contributed by atoms with van der Waals surface area (Å²) < 4.78 is 40.9. The molecule has 0 bridgehead atoms. The van der Waals surface area contributed by atoms with Crippen LogP contribution in [0, 0.1) is 5.92 Å². The Morgan fingerprint density at radius 3 is 2.47 bits per heavy atom. The maximum absolute atomic E-state index is 13.0. The van der Waals surface area contributed by atoms with Gasteiger partial charge in [0.15, 0.2) is 0 Å². The van der Waals surface area contributed by atoms with Crippen molar-refractivity contribution in [3.8, 4) is 0 Å². The molecule has 2 fully saturated rings. The van der Waals surface area contributed by atoms with Crippen molar-refractivity contribution in [3.05, 3.63) is 54.0 Å². The molecule has 1 saturated carbocycles. The van der Waals surface area contributed by atoms with Crippen LogP contribution in [0.1, 0.15) is 30.4 Å². The Balaban J connectivity index is 1.33. The summed E-state index contributed by atoms with van der Waals surface area (Å²) in [6.07, 6.45) is 0.735. The molecule has 2 aromatic heterocycles. The fourth-order valence-electron chi connectivity index (χ4n) is 5.23. The third-order valence-corrected chi connectivity index (χ3v) is 7.51. The van der Waals surface area contributed by atoms with Gasteiger partial charge in [-0.15, -0.1) is 0 Å². The smallest absolute Gasteiger partial charge is 0.416 e. The van der Waals surface area contributed by atoms with Gasteiger partial charge in [-0.05, 0) is 49.6 Å². The Labute approximate surface area is 217 Å². The first kappa shape index (κ1) is 26.4. The Hall–Kier alpha value is -3.22. The van der Waals surface area contributed by atoms with Crippen LogP contribution in [0.2, 0.25) is 0 Å². The monoisotopic (exact) mass is 533 g/mol. The van der Waals surface area contributed by atoms with Crippen molar-refractivity contribution < 1.29 is 33.3 Å². The minimum atomic E-state index is -4.38. The van der Waals surface area contributed by atoms with Crippen LogP contribution in [0.4, 0.5) is 19.0 Å². The molecule has 0 radical (unpaired) electrons. The highest BCUT2D eigenvalue weighted by atomic mass is 19.4. The van der Waals surface area contributed by atoms with Crippen LogP contribution in [-0.4, -0.2) is 78.6 Å². The third-order valence-electron chi connectivity index (χ3n) is 7.51. The second kappa shape index (κ2) is 10.5. The fourth-order valence-corrected chi connectivity index (χ4v) is 5.23. The zero-order chi connectivity index (χ0) is 27.0. The predicted molar refractivity (Wildman–Crippen MR) is 132 cm³/mol. The standard InChI is InChI=1S/C26H30F3N5O4/c27-26(28,29)18-3-1-16(2-4-18)11-34(19-5-6-19)24-20-8-10-33(23(20)30-15-31-24)12-17-7-9-32(13-22(17)36)21(14-35)25(37)38/h1-4,8,10,15,17,19,21-22,35-36H,5-7,9,11-14H2,(H,37,38)/t17-,21?,22+/m1/s1. The molecule has 3 atom stereocenters. The van der Waals surface area contributed by atoms with Crippen LogP contribution in [-0.2, 0) is 24.1 Å². The van der Waals surface area contributed by atoms with Crippen molar-refractivity contribution in [2.75, 3.05) is 24.6 Å². The lowest BCUT2D eigenvalue weighted by atomic mass is 9.92. The summed E-state index contributed by atoms with van der Waals surface area (Å²) in [6, 6.07) is 6.33. The number of nitrogens with zero attached hydrogens (tertiary/aromatic N) is 5. The van der Waals surface area contributed by atoms with Gasteiger partial charge in [0.2, 0.25) is 0 Å². The van der Waals surface area contributed by atoms with Gasteiger partial charge in [-0.2, -0.15) is 13.2 Å². The average Bonchev–Trinajstić information content (AvgIpc) is 3.64. The van der Waals surface area contributed by atoms with Gasteiger partial charge >= 0.3 is 12.1 Å². The van der Waals surface area contributed by atoms with E-state index in [-0.39, 0.29) is 18.5 Å². The SMILES string of the molecule is O=C(O)C(CO)N1CC[C@H](Cn2ccc3c(N(Cc4ccc(C(F)(F)F)cc4)C4CC4)ncnc32)[C@@H](O)C1. The molecule has 3 aromatic rings. The van der Waals surface area contributed by atoms with E-state index in [9.17, 15) is 33.3 Å². The van der Waals surface area contributed by atoms with Gasteiger partial charge < -0.3 is 24.8 Å². The molecule has 3 N–H and O–H groups in total. The molecule has 1 aliphatic carbocycles.